The quantitative estimate of drug-likeness (QED) is 0.523. The molecule has 0 aromatic heterocycles. The Labute approximate surface area is 42.9 Å². The number of carbonyl (C=O) groups is 2. The minimum absolute atomic E-state index is 2.06. The van der Waals surface area contributed by atoms with Gasteiger partial charge in [0.1, 0.15) is 0 Å². The fourth-order valence-corrected chi connectivity index (χ4v) is 0.0933. The molecular weight excluding hydrogens is 122 g/mol. The highest BCUT2D eigenvalue weighted by Gasteiger charge is 2.22. The number of rotatable bonds is 2. The highest BCUT2D eigenvalue weighted by atomic mass is 19.3. The molecule has 0 unspecified atom stereocenters. The zero-order valence-electron chi connectivity index (χ0n) is 3.60. The van der Waals surface area contributed by atoms with Gasteiger partial charge in [0.25, 0.3) is 0 Å². The van der Waals surface area contributed by atoms with Crippen LogP contribution in [0.2, 0.25) is 0 Å². The van der Waals surface area contributed by atoms with Crippen molar-refractivity contribution in [3.05, 3.63) is 0 Å². The number of hydrogen-bond acceptors (Lipinski definition) is 2. The highest BCUT2D eigenvalue weighted by Crippen LogP contribution is 1.92. The molecule has 0 atom stereocenters. The molecule has 0 aliphatic heterocycles. The van der Waals surface area contributed by atoms with E-state index in [2.05, 4.69) is 0 Å². The smallest absolute Gasteiger partial charge is 0.378 e. The maximum absolute atomic E-state index is 10.9. The summed E-state index contributed by atoms with van der Waals surface area (Å²) in [6.07, 6.45) is -3.40. The van der Waals surface area contributed by atoms with Crippen molar-refractivity contribution in [2.45, 2.75) is 6.43 Å². The number of carboxylic acids is 1. The van der Waals surface area contributed by atoms with Gasteiger partial charge in [-0.05, 0) is 0 Å². The van der Waals surface area contributed by atoms with E-state index in [0.717, 1.165) is 0 Å². The van der Waals surface area contributed by atoms with Crippen molar-refractivity contribution in [1.29, 1.82) is 0 Å². The first kappa shape index (κ1) is 7.00. The normalized spacial score (nSPS) is 9.38. The Hall–Kier alpha value is -1.00. The predicted molar refractivity (Wildman–Crippen MR) is 18.6 cm³/mol. The van der Waals surface area contributed by atoms with Gasteiger partial charge < -0.3 is 5.11 Å². The third kappa shape index (κ3) is 1.63. The van der Waals surface area contributed by atoms with Gasteiger partial charge in [0.05, 0.1) is 0 Å². The van der Waals surface area contributed by atoms with E-state index in [4.69, 9.17) is 5.11 Å². The second kappa shape index (κ2) is 2.34. The number of halogens is 2. The summed E-state index contributed by atoms with van der Waals surface area (Å²) in [7, 11) is 0. The van der Waals surface area contributed by atoms with Crippen LogP contribution in [0.25, 0.3) is 0 Å². The van der Waals surface area contributed by atoms with E-state index in [0.29, 0.717) is 0 Å². The largest absolute Gasteiger partial charge is 0.475 e. The van der Waals surface area contributed by atoms with Gasteiger partial charge in [-0.15, -0.1) is 0 Å². The molecule has 0 aliphatic rings. The zero-order valence-corrected chi connectivity index (χ0v) is 3.60. The summed E-state index contributed by atoms with van der Waals surface area (Å²) < 4.78 is 21.9. The summed E-state index contributed by atoms with van der Waals surface area (Å²) in [5.74, 6) is -4.16. The summed E-state index contributed by atoms with van der Waals surface area (Å²) in [6.45, 7) is 0. The fourth-order valence-electron chi connectivity index (χ4n) is 0.0933. The molecule has 0 spiro atoms. The van der Waals surface area contributed by atoms with Gasteiger partial charge in [0.15, 0.2) is 0 Å². The van der Waals surface area contributed by atoms with Crippen molar-refractivity contribution in [2.75, 3.05) is 0 Å². The number of carboxylic acid groups (broad SMARTS) is 1. The Morgan fingerprint density at radius 3 is 1.75 bits per heavy atom. The van der Waals surface area contributed by atoms with Gasteiger partial charge in [-0.25, -0.2) is 13.6 Å². The SMILES string of the molecule is O=C(O)C(=O)C(F)F. The average Bonchev–Trinajstić information content (AvgIpc) is 1.64. The van der Waals surface area contributed by atoms with Crippen molar-refractivity contribution < 1.29 is 23.5 Å². The Kier molecular flexibility index (Phi) is 2.05. The predicted octanol–water partition coefficient (Wildman–Crippen LogP) is -0.0948. The van der Waals surface area contributed by atoms with Crippen LogP contribution in [-0.2, 0) is 9.59 Å². The van der Waals surface area contributed by atoms with Crippen LogP contribution in [-0.4, -0.2) is 23.3 Å². The molecule has 0 fully saturated rings. The second-order valence-corrected chi connectivity index (χ2v) is 0.970. The number of aliphatic carboxylic acids is 1. The summed E-state index contributed by atoms with van der Waals surface area (Å²) in [5, 5.41) is 7.52. The minimum atomic E-state index is -3.40. The van der Waals surface area contributed by atoms with Crippen molar-refractivity contribution in [1.82, 2.24) is 0 Å². The summed E-state index contributed by atoms with van der Waals surface area (Å²) in [4.78, 5) is 18.8. The number of alkyl halides is 2. The molecule has 0 rings (SSSR count). The number of ketones is 1. The lowest BCUT2D eigenvalue weighted by atomic mass is 10.4. The van der Waals surface area contributed by atoms with Crippen molar-refractivity contribution in [3.8, 4) is 0 Å². The summed E-state index contributed by atoms with van der Waals surface area (Å²) in [6, 6.07) is 0. The number of Topliss-reactive ketones (excluding diaryl/α,β-unsaturated/α-hetero) is 1. The van der Waals surface area contributed by atoms with Crippen LogP contribution in [0.3, 0.4) is 0 Å². The van der Waals surface area contributed by atoms with Gasteiger partial charge in [0.2, 0.25) is 0 Å². The maximum atomic E-state index is 10.9. The third-order valence-electron chi connectivity index (χ3n) is 0.409. The molecule has 0 saturated heterocycles. The molecule has 3 nitrogen and oxygen atoms in total. The topological polar surface area (TPSA) is 54.4 Å². The highest BCUT2D eigenvalue weighted by molar-refractivity contribution is 6.34. The van der Waals surface area contributed by atoms with Crippen LogP contribution in [0.5, 0.6) is 0 Å². The molecule has 5 heteroatoms. The number of hydrogen-bond donors (Lipinski definition) is 1. The molecule has 1 N–H and O–H groups in total. The minimum Gasteiger partial charge on any atom is -0.475 e. The van der Waals surface area contributed by atoms with Crippen LogP contribution in [0, 0.1) is 0 Å². The first-order chi connectivity index (χ1) is 3.55. The number of carbonyl (C=O) groups excluding carboxylic acids is 1. The van der Waals surface area contributed by atoms with Crippen molar-refractivity contribution >= 4 is 11.8 Å². The van der Waals surface area contributed by atoms with E-state index in [1.54, 1.807) is 0 Å². The Morgan fingerprint density at radius 1 is 1.38 bits per heavy atom. The lowest BCUT2D eigenvalue weighted by Gasteiger charge is -1.86. The fraction of sp³-hybridized carbons (Fsp3) is 0.333. The summed E-state index contributed by atoms with van der Waals surface area (Å²) in [5.41, 5.74) is 0. The van der Waals surface area contributed by atoms with E-state index in [1.165, 1.54) is 0 Å². The molecule has 8 heavy (non-hydrogen) atoms. The Balaban J connectivity index is 3.84. The lowest BCUT2D eigenvalue weighted by Crippen LogP contribution is -2.20. The first-order valence-electron chi connectivity index (χ1n) is 1.61. The standard InChI is InChI=1S/C3H2F2O3/c4-2(5)1(6)3(7)8/h2H,(H,7,8). The Bertz CT molecular complexity index is 120. The van der Waals surface area contributed by atoms with Crippen LogP contribution in [0.1, 0.15) is 0 Å². The van der Waals surface area contributed by atoms with Crippen LogP contribution < -0.4 is 0 Å². The van der Waals surface area contributed by atoms with Crippen molar-refractivity contribution in [2.24, 2.45) is 0 Å². The van der Waals surface area contributed by atoms with E-state index < -0.39 is 18.2 Å². The van der Waals surface area contributed by atoms with E-state index in [-0.39, 0.29) is 0 Å². The molecule has 0 heterocycles. The molecule has 0 radical (unpaired) electrons. The molecule has 0 aliphatic carbocycles. The van der Waals surface area contributed by atoms with Crippen LogP contribution in [0.15, 0.2) is 0 Å². The summed E-state index contributed by atoms with van der Waals surface area (Å²) >= 11 is 0. The third-order valence-corrected chi connectivity index (χ3v) is 0.409. The molecule has 0 amide bonds. The van der Waals surface area contributed by atoms with E-state index in [9.17, 15) is 18.4 Å². The molecule has 0 aromatic carbocycles. The molecule has 0 aromatic rings. The molecule has 0 saturated carbocycles. The molecular formula is C3H2F2O3. The van der Waals surface area contributed by atoms with Gasteiger partial charge in [-0.1, -0.05) is 0 Å². The van der Waals surface area contributed by atoms with Crippen LogP contribution in [0.4, 0.5) is 8.78 Å². The zero-order chi connectivity index (χ0) is 6.73. The van der Waals surface area contributed by atoms with E-state index >= 15 is 0 Å². The molecule has 46 valence electrons. The van der Waals surface area contributed by atoms with Crippen molar-refractivity contribution in [3.63, 3.8) is 0 Å². The van der Waals surface area contributed by atoms with Gasteiger partial charge in [-0.3, -0.25) is 4.79 Å². The van der Waals surface area contributed by atoms with E-state index in [1.807, 2.05) is 0 Å². The second-order valence-electron chi connectivity index (χ2n) is 0.970. The Morgan fingerprint density at radius 2 is 1.75 bits per heavy atom. The monoisotopic (exact) mass is 124 g/mol. The van der Waals surface area contributed by atoms with Gasteiger partial charge in [0, 0.05) is 0 Å². The maximum Gasteiger partial charge on any atom is 0.378 e. The lowest BCUT2D eigenvalue weighted by molar-refractivity contribution is -0.154. The first-order valence-corrected chi connectivity index (χ1v) is 1.61. The van der Waals surface area contributed by atoms with Gasteiger partial charge >= 0.3 is 18.2 Å². The van der Waals surface area contributed by atoms with Gasteiger partial charge in [-0.2, -0.15) is 0 Å². The van der Waals surface area contributed by atoms with Crippen LogP contribution >= 0.6 is 0 Å². The average molecular weight is 124 g/mol. The molecule has 0 bridgehead atoms.